The number of piperazine rings is 1. The number of benzene rings is 1. The van der Waals surface area contributed by atoms with Gasteiger partial charge in [0.15, 0.2) is 0 Å². The van der Waals surface area contributed by atoms with E-state index in [1.165, 1.54) is 6.08 Å². The summed E-state index contributed by atoms with van der Waals surface area (Å²) in [6.07, 6.45) is 3.23. The summed E-state index contributed by atoms with van der Waals surface area (Å²) in [5.41, 5.74) is 0.820. The van der Waals surface area contributed by atoms with Crippen LogP contribution in [0.25, 0.3) is 6.08 Å². The molecule has 0 radical (unpaired) electrons. The van der Waals surface area contributed by atoms with Crippen LogP contribution in [0.15, 0.2) is 24.3 Å². The van der Waals surface area contributed by atoms with Crippen LogP contribution in [-0.4, -0.2) is 47.8 Å². The molecule has 1 aliphatic heterocycles. The van der Waals surface area contributed by atoms with Crippen molar-refractivity contribution >= 4 is 41.1 Å². The lowest BCUT2D eigenvalue weighted by atomic mass is 10.2. The van der Waals surface area contributed by atoms with Crippen molar-refractivity contribution in [2.24, 2.45) is 0 Å². The lowest BCUT2D eigenvalue weighted by Crippen LogP contribution is -2.49. The molecule has 1 fully saturated rings. The molecule has 6 heteroatoms. The van der Waals surface area contributed by atoms with E-state index in [0.717, 1.165) is 5.56 Å². The van der Waals surface area contributed by atoms with Crippen LogP contribution < -0.4 is 0 Å². The van der Waals surface area contributed by atoms with E-state index in [1.807, 2.05) is 0 Å². The van der Waals surface area contributed by atoms with Crippen molar-refractivity contribution in [2.45, 2.75) is 6.92 Å². The van der Waals surface area contributed by atoms with Crippen molar-refractivity contribution in [3.05, 3.63) is 39.9 Å². The monoisotopic (exact) mass is 326 g/mol. The van der Waals surface area contributed by atoms with Crippen LogP contribution in [-0.2, 0) is 9.59 Å². The average molecular weight is 327 g/mol. The number of hydrogen-bond acceptors (Lipinski definition) is 2. The molecule has 112 valence electrons. The number of halogens is 2. The van der Waals surface area contributed by atoms with Gasteiger partial charge in [0.1, 0.15) is 0 Å². The lowest BCUT2D eigenvalue weighted by Gasteiger charge is -2.33. The summed E-state index contributed by atoms with van der Waals surface area (Å²) in [5.74, 6) is -0.0160. The summed E-state index contributed by atoms with van der Waals surface area (Å²) >= 11 is 11.8. The van der Waals surface area contributed by atoms with Gasteiger partial charge in [-0.05, 0) is 23.8 Å². The number of carbonyl (C=O) groups excluding carboxylic acids is 2. The number of carbonyl (C=O) groups is 2. The maximum atomic E-state index is 12.1. The molecule has 0 aliphatic carbocycles. The minimum atomic E-state index is -0.0655. The first kappa shape index (κ1) is 15.9. The minimum Gasteiger partial charge on any atom is -0.339 e. The zero-order valence-corrected chi connectivity index (χ0v) is 13.2. The highest BCUT2D eigenvalue weighted by atomic mass is 35.5. The smallest absolute Gasteiger partial charge is 0.246 e. The molecule has 0 spiro atoms. The molecule has 0 aromatic heterocycles. The van der Waals surface area contributed by atoms with Gasteiger partial charge in [0, 0.05) is 39.2 Å². The van der Waals surface area contributed by atoms with Crippen molar-refractivity contribution in [2.75, 3.05) is 26.2 Å². The Hall–Kier alpha value is -1.52. The third-order valence-corrected chi connectivity index (χ3v) is 4.14. The normalized spacial score (nSPS) is 15.6. The van der Waals surface area contributed by atoms with Crippen molar-refractivity contribution in [1.82, 2.24) is 9.80 Å². The van der Waals surface area contributed by atoms with Crippen LogP contribution in [0.2, 0.25) is 10.0 Å². The van der Waals surface area contributed by atoms with E-state index in [2.05, 4.69) is 0 Å². The molecule has 0 saturated carbocycles. The second-order valence-electron chi connectivity index (χ2n) is 4.84. The summed E-state index contributed by atoms with van der Waals surface area (Å²) in [6, 6.07) is 5.20. The fraction of sp³-hybridized carbons (Fsp3) is 0.333. The molecule has 2 amide bonds. The van der Waals surface area contributed by atoms with Gasteiger partial charge in [-0.15, -0.1) is 0 Å². The fourth-order valence-corrected chi connectivity index (χ4v) is 2.44. The minimum absolute atomic E-state index is 0.0495. The molecule has 0 atom stereocenters. The lowest BCUT2D eigenvalue weighted by molar-refractivity contribution is -0.135. The Labute approximate surface area is 133 Å². The molecule has 1 aliphatic rings. The Morgan fingerprint density at radius 3 is 2.24 bits per heavy atom. The standard InChI is InChI=1S/C15H16Cl2N2O2/c1-11(20)18-6-8-19(9-7-18)15(21)5-3-12-2-4-13(16)14(17)10-12/h2-5,10H,6-9H2,1H3/b5-3+. The zero-order valence-electron chi connectivity index (χ0n) is 11.7. The van der Waals surface area contributed by atoms with Gasteiger partial charge in [-0.1, -0.05) is 29.3 Å². The first-order valence-electron chi connectivity index (χ1n) is 6.65. The predicted molar refractivity (Wildman–Crippen MR) is 84.3 cm³/mol. The van der Waals surface area contributed by atoms with Crippen molar-refractivity contribution in [1.29, 1.82) is 0 Å². The summed E-state index contributed by atoms with van der Waals surface area (Å²) in [7, 11) is 0. The van der Waals surface area contributed by atoms with Gasteiger partial charge in [-0.25, -0.2) is 0 Å². The van der Waals surface area contributed by atoms with Crippen LogP contribution in [0.3, 0.4) is 0 Å². The Morgan fingerprint density at radius 2 is 1.67 bits per heavy atom. The largest absolute Gasteiger partial charge is 0.339 e. The molecule has 4 nitrogen and oxygen atoms in total. The van der Waals surface area contributed by atoms with Crippen molar-refractivity contribution < 1.29 is 9.59 Å². The van der Waals surface area contributed by atoms with Crippen LogP contribution >= 0.6 is 23.2 Å². The van der Waals surface area contributed by atoms with Crippen molar-refractivity contribution in [3.8, 4) is 0 Å². The predicted octanol–water partition coefficient (Wildman–Crippen LogP) is 2.70. The molecule has 1 aromatic rings. The molecular weight excluding hydrogens is 311 g/mol. The molecule has 2 rings (SSSR count). The van der Waals surface area contributed by atoms with Gasteiger partial charge < -0.3 is 9.80 Å². The topological polar surface area (TPSA) is 40.6 Å². The highest BCUT2D eigenvalue weighted by Crippen LogP contribution is 2.23. The fourth-order valence-electron chi connectivity index (χ4n) is 2.13. The number of amides is 2. The van der Waals surface area contributed by atoms with Crippen LogP contribution in [0, 0.1) is 0 Å². The summed E-state index contributed by atoms with van der Waals surface area (Å²) in [6.45, 7) is 3.83. The Bertz CT molecular complexity index is 579. The second kappa shape index (κ2) is 6.96. The van der Waals surface area contributed by atoms with Crippen LogP contribution in [0.5, 0.6) is 0 Å². The first-order valence-corrected chi connectivity index (χ1v) is 7.40. The molecule has 1 heterocycles. The van der Waals surface area contributed by atoms with E-state index in [1.54, 1.807) is 41.0 Å². The number of rotatable bonds is 2. The Balaban J connectivity index is 1.94. The van der Waals surface area contributed by atoms with E-state index < -0.39 is 0 Å². The average Bonchev–Trinajstić information content (AvgIpc) is 2.48. The summed E-state index contributed by atoms with van der Waals surface area (Å²) in [4.78, 5) is 26.8. The molecule has 1 aromatic carbocycles. The molecular formula is C15H16Cl2N2O2. The Kier molecular flexibility index (Phi) is 5.26. The number of hydrogen-bond donors (Lipinski definition) is 0. The molecule has 0 bridgehead atoms. The zero-order chi connectivity index (χ0) is 15.4. The number of nitrogens with zero attached hydrogens (tertiary/aromatic N) is 2. The van der Waals surface area contributed by atoms with Gasteiger partial charge in [0.2, 0.25) is 11.8 Å². The van der Waals surface area contributed by atoms with E-state index in [9.17, 15) is 9.59 Å². The van der Waals surface area contributed by atoms with E-state index in [-0.39, 0.29) is 11.8 Å². The van der Waals surface area contributed by atoms with Gasteiger partial charge in [0.25, 0.3) is 0 Å². The van der Waals surface area contributed by atoms with Crippen LogP contribution in [0.4, 0.5) is 0 Å². The highest BCUT2D eigenvalue weighted by Gasteiger charge is 2.20. The van der Waals surface area contributed by atoms with Gasteiger partial charge in [-0.3, -0.25) is 9.59 Å². The van der Waals surface area contributed by atoms with Gasteiger partial charge in [-0.2, -0.15) is 0 Å². The van der Waals surface area contributed by atoms with E-state index in [0.29, 0.717) is 36.2 Å². The highest BCUT2D eigenvalue weighted by molar-refractivity contribution is 6.42. The molecule has 0 unspecified atom stereocenters. The van der Waals surface area contributed by atoms with Crippen LogP contribution in [0.1, 0.15) is 12.5 Å². The van der Waals surface area contributed by atoms with E-state index in [4.69, 9.17) is 23.2 Å². The molecule has 1 saturated heterocycles. The quantitative estimate of drug-likeness (QED) is 0.784. The molecule has 0 N–H and O–H groups in total. The maximum Gasteiger partial charge on any atom is 0.246 e. The third-order valence-electron chi connectivity index (χ3n) is 3.40. The van der Waals surface area contributed by atoms with Gasteiger partial charge in [0.05, 0.1) is 10.0 Å². The second-order valence-corrected chi connectivity index (χ2v) is 5.65. The summed E-state index contributed by atoms with van der Waals surface area (Å²) in [5, 5.41) is 0.946. The van der Waals surface area contributed by atoms with Crippen molar-refractivity contribution in [3.63, 3.8) is 0 Å². The molecule has 21 heavy (non-hydrogen) atoms. The third kappa shape index (κ3) is 4.22. The SMILES string of the molecule is CC(=O)N1CCN(C(=O)/C=C/c2ccc(Cl)c(Cl)c2)CC1. The van der Waals surface area contributed by atoms with Gasteiger partial charge >= 0.3 is 0 Å². The first-order chi connectivity index (χ1) is 9.97. The summed E-state index contributed by atoms with van der Waals surface area (Å²) < 4.78 is 0. The Morgan fingerprint density at radius 1 is 1.05 bits per heavy atom. The maximum absolute atomic E-state index is 12.1. The van der Waals surface area contributed by atoms with E-state index >= 15 is 0 Å².